The Morgan fingerprint density at radius 3 is 2.68 bits per heavy atom. The Bertz CT molecular complexity index is 751. The van der Waals surface area contributed by atoms with Crippen molar-refractivity contribution >= 4 is 26.0 Å². The topological polar surface area (TPSA) is 138 Å². The van der Waals surface area contributed by atoms with Gasteiger partial charge in [0.15, 0.2) is 9.84 Å². The van der Waals surface area contributed by atoms with Gasteiger partial charge in [-0.2, -0.15) is 17.4 Å². The van der Waals surface area contributed by atoms with Crippen LogP contribution in [-0.2, 0) is 24.3 Å². The third-order valence-corrected chi connectivity index (χ3v) is 5.50. The molecule has 0 radical (unpaired) electrons. The Morgan fingerprint density at radius 2 is 2.16 bits per heavy atom. The molecule has 1 aliphatic rings. The monoisotopic (exact) mass is 309 g/mol. The van der Waals surface area contributed by atoms with Gasteiger partial charge in [-0.15, -0.1) is 0 Å². The number of hydrogen-bond donors (Lipinski definition) is 1. The fourth-order valence-corrected chi connectivity index (χ4v) is 4.35. The van der Waals surface area contributed by atoms with Crippen LogP contribution in [0.2, 0.25) is 0 Å². The van der Waals surface area contributed by atoms with Gasteiger partial charge in [0.2, 0.25) is 0 Å². The largest absolute Gasteiger partial charge is 0.383 e. The zero-order valence-electron chi connectivity index (χ0n) is 9.59. The van der Waals surface area contributed by atoms with Gasteiger partial charge in [0.1, 0.15) is 5.82 Å². The van der Waals surface area contributed by atoms with E-state index < -0.39 is 31.9 Å². The van der Waals surface area contributed by atoms with Crippen LogP contribution in [0.4, 0.5) is 5.82 Å². The maximum absolute atomic E-state index is 11.8. The van der Waals surface area contributed by atoms with Crippen LogP contribution in [0, 0.1) is 0 Å². The van der Waals surface area contributed by atoms with Crippen molar-refractivity contribution in [2.24, 2.45) is 0 Å². The van der Waals surface area contributed by atoms with Gasteiger partial charge >= 0.3 is 16.0 Å². The zero-order chi connectivity index (χ0) is 14.3. The molecule has 19 heavy (non-hydrogen) atoms. The van der Waals surface area contributed by atoms with Crippen molar-refractivity contribution in [2.45, 2.75) is 12.5 Å². The van der Waals surface area contributed by atoms with Gasteiger partial charge in [0, 0.05) is 6.20 Å². The van der Waals surface area contributed by atoms with Crippen LogP contribution in [0.3, 0.4) is 0 Å². The van der Waals surface area contributed by atoms with Gasteiger partial charge < -0.3 is 5.73 Å². The minimum atomic E-state index is -4.42. The summed E-state index contributed by atoms with van der Waals surface area (Å²) in [4.78, 5) is 14.6. The average Bonchev–Trinajstić information content (AvgIpc) is 2.56. The molecule has 0 unspecified atom stereocenters. The van der Waals surface area contributed by atoms with E-state index in [-0.39, 0.29) is 27.7 Å². The Hall–Kier alpha value is -1.46. The van der Waals surface area contributed by atoms with Gasteiger partial charge in [0.25, 0.3) is 0 Å². The summed E-state index contributed by atoms with van der Waals surface area (Å²) in [6.45, 7) is 0. The predicted molar refractivity (Wildman–Crippen MR) is 65.4 cm³/mol. The Balaban J connectivity index is 2.27. The van der Waals surface area contributed by atoms with Crippen molar-refractivity contribution in [1.29, 1.82) is 0 Å². The highest BCUT2D eigenvalue weighted by molar-refractivity contribution is 7.91. The highest BCUT2D eigenvalue weighted by atomic mass is 32.2. The Kier molecular flexibility index (Phi) is 3.36. The van der Waals surface area contributed by atoms with Gasteiger partial charge in [-0.25, -0.2) is 17.4 Å². The minimum absolute atomic E-state index is 0.0682. The van der Waals surface area contributed by atoms with Crippen molar-refractivity contribution in [2.75, 3.05) is 17.2 Å². The maximum Gasteiger partial charge on any atom is 0.370 e. The van der Waals surface area contributed by atoms with Crippen LogP contribution in [0.5, 0.6) is 0 Å². The molecule has 0 amide bonds. The van der Waals surface area contributed by atoms with Crippen LogP contribution in [0.15, 0.2) is 17.1 Å². The van der Waals surface area contributed by atoms with Gasteiger partial charge in [-0.05, 0) is 12.5 Å². The SMILES string of the molecule is Nc1ccn(S(=O)(=O)O[C@H]2CCS(=O)(=O)C2)c(=O)n1. The van der Waals surface area contributed by atoms with Gasteiger partial charge in [-0.1, -0.05) is 0 Å². The summed E-state index contributed by atoms with van der Waals surface area (Å²) in [6, 6.07) is 1.12. The zero-order valence-corrected chi connectivity index (χ0v) is 11.2. The molecule has 1 aromatic heterocycles. The molecule has 1 fully saturated rings. The van der Waals surface area contributed by atoms with Crippen molar-refractivity contribution in [3.05, 3.63) is 22.7 Å². The van der Waals surface area contributed by atoms with Crippen LogP contribution >= 0.6 is 0 Å². The summed E-state index contributed by atoms with van der Waals surface area (Å²) >= 11 is 0. The standard InChI is InChI=1S/C8H11N3O6S2/c9-7-1-3-11(8(12)10-7)19(15,16)17-6-2-4-18(13,14)5-6/h1,3,6H,2,4-5H2,(H2,9,10,12)/t6-/m0/s1. The highest BCUT2D eigenvalue weighted by Gasteiger charge is 2.33. The van der Waals surface area contributed by atoms with Crippen LogP contribution in [-0.4, -0.2) is 43.4 Å². The molecular weight excluding hydrogens is 298 g/mol. The second kappa shape index (κ2) is 4.58. The molecule has 2 heterocycles. The molecule has 0 spiro atoms. The second-order valence-corrected chi connectivity index (χ2v) is 7.68. The van der Waals surface area contributed by atoms with E-state index in [0.29, 0.717) is 0 Å². The van der Waals surface area contributed by atoms with E-state index in [0.717, 1.165) is 12.3 Å². The number of nitrogens with zero attached hydrogens (tertiary/aromatic N) is 2. The van der Waals surface area contributed by atoms with Crippen LogP contribution in [0.25, 0.3) is 0 Å². The van der Waals surface area contributed by atoms with E-state index >= 15 is 0 Å². The lowest BCUT2D eigenvalue weighted by Crippen LogP contribution is -2.33. The van der Waals surface area contributed by atoms with Crippen LogP contribution < -0.4 is 11.4 Å². The summed E-state index contributed by atoms with van der Waals surface area (Å²) in [5.41, 5.74) is 4.12. The molecule has 1 saturated heterocycles. The molecule has 0 bridgehead atoms. The van der Waals surface area contributed by atoms with Crippen molar-refractivity contribution in [3.63, 3.8) is 0 Å². The fourth-order valence-electron chi connectivity index (χ4n) is 1.63. The molecule has 0 aromatic carbocycles. The lowest BCUT2D eigenvalue weighted by atomic mass is 10.3. The Morgan fingerprint density at radius 1 is 1.47 bits per heavy atom. The normalized spacial score (nSPS) is 22.4. The average molecular weight is 309 g/mol. The first-order valence-corrected chi connectivity index (χ1v) is 8.38. The predicted octanol–water partition coefficient (Wildman–Crippen LogP) is -1.88. The van der Waals surface area contributed by atoms with E-state index in [2.05, 4.69) is 4.98 Å². The van der Waals surface area contributed by atoms with E-state index in [4.69, 9.17) is 9.92 Å². The first kappa shape index (κ1) is 14.0. The number of sulfone groups is 1. The number of hydrogen-bond acceptors (Lipinski definition) is 8. The van der Waals surface area contributed by atoms with Crippen molar-refractivity contribution < 1.29 is 21.0 Å². The molecule has 2 N–H and O–H groups in total. The molecule has 1 atom stereocenters. The molecule has 1 aromatic rings. The number of aromatic nitrogens is 2. The molecule has 11 heteroatoms. The van der Waals surface area contributed by atoms with E-state index in [1.165, 1.54) is 0 Å². The minimum Gasteiger partial charge on any atom is -0.383 e. The molecule has 2 rings (SSSR count). The number of rotatable bonds is 3. The first-order valence-electron chi connectivity index (χ1n) is 5.19. The molecular formula is C8H11N3O6S2. The van der Waals surface area contributed by atoms with E-state index in [1.807, 2.05) is 0 Å². The lowest BCUT2D eigenvalue weighted by Gasteiger charge is -2.11. The quantitative estimate of drug-likeness (QED) is 0.684. The summed E-state index contributed by atoms with van der Waals surface area (Å²) in [5, 5.41) is 0. The summed E-state index contributed by atoms with van der Waals surface area (Å²) in [7, 11) is -7.70. The van der Waals surface area contributed by atoms with E-state index in [1.54, 1.807) is 0 Å². The van der Waals surface area contributed by atoms with Crippen LogP contribution in [0.1, 0.15) is 6.42 Å². The third-order valence-electron chi connectivity index (χ3n) is 2.48. The molecule has 0 saturated carbocycles. The molecule has 0 aliphatic carbocycles. The third kappa shape index (κ3) is 3.11. The fraction of sp³-hybridized carbons (Fsp3) is 0.500. The summed E-state index contributed by atoms with van der Waals surface area (Å²) < 4.78 is 51.0. The smallest absolute Gasteiger partial charge is 0.370 e. The van der Waals surface area contributed by atoms with Gasteiger partial charge in [0.05, 0.1) is 17.6 Å². The maximum atomic E-state index is 11.8. The van der Waals surface area contributed by atoms with Crippen molar-refractivity contribution in [1.82, 2.24) is 8.96 Å². The second-order valence-electron chi connectivity index (χ2n) is 4.01. The summed E-state index contributed by atoms with van der Waals surface area (Å²) in [6.07, 6.45) is -0.0122. The summed E-state index contributed by atoms with van der Waals surface area (Å²) in [5.74, 6) is -0.647. The molecule has 1 aliphatic heterocycles. The van der Waals surface area contributed by atoms with E-state index in [9.17, 15) is 21.6 Å². The van der Waals surface area contributed by atoms with Crippen molar-refractivity contribution in [3.8, 4) is 0 Å². The lowest BCUT2D eigenvalue weighted by molar-refractivity contribution is 0.231. The first-order chi connectivity index (χ1) is 8.70. The Labute approximate surface area is 109 Å². The number of anilines is 1. The van der Waals surface area contributed by atoms with Gasteiger partial charge in [-0.3, -0.25) is 0 Å². The molecule has 9 nitrogen and oxygen atoms in total. The molecule has 106 valence electrons. The number of nitrogens with two attached hydrogens (primary N) is 1. The highest BCUT2D eigenvalue weighted by Crippen LogP contribution is 2.17. The number of nitrogen functional groups attached to an aromatic ring is 1.